The van der Waals surface area contributed by atoms with E-state index in [0.717, 1.165) is 22.1 Å². The van der Waals surface area contributed by atoms with E-state index in [-0.39, 0.29) is 6.42 Å². The number of rotatable bonds is 7. The van der Waals surface area contributed by atoms with Crippen molar-refractivity contribution < 1.29 is 19.4 Å². The normalized spacial score (nSPS) is 11.9. The van der Waals surface area contributed by atoms with Crippen LogP contribution in [0.25, 0.3) is 10.8 Å². The molecule has 3 rings (SSSR count). The second-order valence-electron chi connectivity index (χ2n) is 5.70. The SMILES string of the molecule is CCOc1ccc(C[C@@H](Oc2cccc3ccccc23)C(=O)O)cc1. The Morgan fingerprint density at radius 1 is 1.00 bits per heavy atom. The Balaban J connectivity index is 1.80. The summed E-state index contributed by atoms with van der Waals surface area (Å²) in [6.45, 7) is 2.52. The molecular weight excluding hydrogens is 316 g/mol. The summed E-state index contributed by atoms with van der Waals surface area (Å²) in [6.07, 6.45) is -0.672. The Bertz CT molecular complexity index is 850. The maximum atomic E-state index is 11.7. The molecule has 3 aromatic rings. The molecule has 0 spiro atoms. The van der Waals surface area contributed by atoms with Crippen LogP contribution < -0.4 is 9.47 Å². The van der Waals surface area contributed by atoms with E-state index in [0.29, 0.717) is 12.4 Å². The van der Waals surface area contributed by atoms with Gasteiger partial charge in [-0.2, -0.15) is 0 Å². The predicted molar refractivity (Wildman–Crippen MR) is 97.3 cm³/mol. The zero-order valence-electron chi connectivity index (χ0n) is 14.0. The molecule has 4 nitrogen and oxygen atoms in total. The Labute approximate surface area is 146 Å². The van der Waals surface area contributed by atoms with Crippen molar-refractivity contribution in [2.24, 2.45) is 0 Å². The first kappa shape index (κ1) is 16.8. The smallest absolute Gasteiger partial charge is 0.345 e. The number of carbonyl (C=O) groups is 1. The second kappa shape index (κ2) is 7.71. The Morgan fingerprint density at radius 3 is 2.44 bits per heavy atom. The maximum absolute atomic E-state index is 11.7. The van der Waals surface area contributed by atoms with Gasteiger partial charge < -0.3 is 14.6 Å². The van der Waals surface area contributed by atoms with Crippen LogP contribution in [0.4, 0.5) is 0 Å². The molecular formula is C21H20O4. The van der Waals surface area contributed by atoms with Gasteiger partial charge in [0.25, 0.3) is 0 Å². The molecule has 0 unspecified atom stereocenters. The summed E-state index contributed by atoms with van der Waals surface area (Å²) in [4.78, 5) is 11.7. The van der Waals surface area contributed by atoms with Gasteiger partial charge in [0.1, 0.15) is 11.5 Å². The van der Waals surface area contributed by atoms with Gasteiger partial charge in [-0.05, 0) is 36.1 Å². The summed E-state index contributed by atoms with van der Waals surface area (Å²) in [5.41, 5.74) is 0.885. The lowest BCUT2D eigenvalue weighted by Crippen LogP contribution is -2.29. The van der Waals surface area contributed by atoms with Crippen LogP contribution in [0.3, 0.4) is 0 Å². The molecule has 0 saturated heterocycles. The highest BCUT2D eigenvalue weighted by molar-refractivity contribution is 5.88. The van der Waals surface area contributed by atoms with Crippen LogP contribution in [-0.2, 0) is 11.2 Å². The van der Waals surface area contributed by atoms with Gasteiger partial charge in [-0.3, -0.25) is 0 Å². The van der Waals surface area contributed by atoms with Crippen LogP contribution in [0.15, 0.2) is 66.7 Å². The Hall–Kier alpha value is -3.01. The minimum absolute atomic E-state index is 0.283. The highest BCUT2D eigenvalue weighted by Crippen LogP contribution is 2.27. The largest absolute Gasteiger partial charge is 0.494 e. The molecule has 0 aromatic heterocycles. The third kappa shape index (κ3) is 4.10. The van der Waals surface area contributed by atoms with E-state index in [2.05, 4.69) is 0 Å². The van der Waals surface area contributed by atoms with Gasteiger partial charge in [0, 0.05) is 11.8 Å². The molecule has 3 aromatic carbocycles. The van der Waals surface area contributed by atoms with Gasteiger partial charge in [-0.15, -0.1) is 0 Å². The second-order valence-corrected chi connectivity index (χ2v) is 5.70. The van der Waals surface area contributed by atoms with Gasteiger partial charge in [0.15, 0.2) is 6.10 Å². The van der Waals surface area contributed by atoms with Crippen molar-refractivity contribution in [1.29, 1.82) is 0 Å². The Kier molecular flexibility index (Phi) is 5.19. The van der Waals surface area contributed by atoms with Crippen molar-refractivity contribution in [2.45, 2.75) is 19.4 Å². The third-order valence-electron chi connectivity index (χ3n) is 3.95. The fourth-order valence-corrected chi connectivity index (χ4v) is 2.73. The quantitative estimate of drug-likeness (QED) is 0.698. The number of hydrogen-bond donors (Lipinski definition) is 1. The zero-order valence-corrected chi connectivity index (χ0v) is 14.0. The lowest BCUT2D eigenvalue weighted by molar-refractivity contribution is -0.144. The molecule has 1 atom stereocenters. The van der Waals surface area contributed by atoms with Gasteiger partial charge in [-0.25, -0.2) is 4.79 Å². The molecule has 0 aliphatic heterocycles. The van der Waals surface area contributed by atoms with Crippen LogP contribution in [0, 0.1) is 0 Å². The number of hydrogen-bond acceptors (Lipinski definition) is 3. The maximum Gasteiger partial charge on any atom is 0.345 e. The highest BCUT2D eigenvalue weighted by atomic mass is 16.5. The van der Waals surface area contributed by atoms with E-state index in [1.54, 1.807) is 6.07 Å². The number of carboxylic acids is 1. The summed E-state index contributed by atoms with van der Waals surface area (Å²) in [7, 11) is 0. The zero-order chi connectivity index (χ0) is 17.6. The van der Waals surface area contributed by atoms with Gasteiger partial charge in [-0.1, -0.05) is 48.5 Å². The van der Waals surface area contributed by atoms with Gasteiger partial charge in [0.2, 0.25) is 0 Å². The molecule has 4 heteroatoms. The van der Waals surface area contributed by atoms with Crippen LogP contribution in [0.1, 0.15) is 12.5 Å². The van der Waals surface area contributed by atoms with Crippen molar-refractivity contribution in [3.05, 3.63) is 72.3 Å². The average Bonchev–Trinajstić information content (AvgIpc) is 2.63. The average molecular weight is 336 g/mol. The molecule has 0 fully saturated rings. The van der Waals surface area contributed by atoms with Crippen LogP contribution in [-0.4, -0.2) is 23.8 Å². The Morgan fingerprint density at radius 2 is 1.72 bits per heavy atom. The number of carboxylic acid groups (broad SMARTS) is 1. The molecule has 0 radical (unpaired) electrons. The van der Waals surface area contributed by atoms with E-state index in [9.17, 15) is 9.90 Å². The van der Waals surface area contributed by atoms with E-state index in [1.807, 2.05) is 67.6 Å². The van der Waals surface area contributed by atoms with Crippen LogP contribution >= 0.6 is 0 Å². The van der Waals surface area contributed by atoms with Crippen molar-refractivity contribution in [3.63, 3.8) is 0 Å². The number of fused-ring (bicyclic) bond motifs is 1. The van der Waals surface area contributed by atoms with E-state index in [4.69, 9.17) is 9.47 Å². The van der Waals surface area contributed by atoms with E-state index >= 15 is 0 Å². The third-order valence-corrected chi connectivity index (χ3v) is 3.95. The van der Waals surface area contributed by atoms with Crippen LogP contribution in [0.5, 0.6) is 11.5 Å². The molecule has 128 valence electrons. The van der Waals surface area contributed by atoms with Crippen molar-refractivity contribution in [2.75, 3.05) is 6.61 Å². The van der Waals surface area contributed by atoms with Crippen molar-refractivity contribution in [1.82, 2.24) is 0 Å². The highest BCUT2D eigenvalue weighted by Gasteiger charge is 2.21. The molecule has 0 saturated carbocycles. The monoisotopic (exact) mass is 336 g/mol. The number of benzene rings is 3. The standard InChI is InChI=1S/C21H20O4/c1-2-24-17-12-10-15(11-13-17)14-20(21(22)23)25-19-9-5-7-16-6-3-4-8-18(16)19/h3-13,20H,2,14H2,1H3,(H,22,23)/t20-/m1/s1. The summed E-state index contributed by atoms with van der Waals surface area (Å²) >= 11 is 0. The molecule has 0 heterocycles. The summed E-state index contributed by atoms with van der Waals surface area (Å²) in [5.74, 6) is 0.367. The first-order valence-corrected chi connectivity index (χ1v) is 8.26. The molecule has 0 aliphatic rings. The number of aliphatic carboxylic acids is 1. The lowest BCUT2D eigenvalue weighted by atomic mass is 10.1. The molecule has 0 bridgehead atoms. The van der Waals surface area contributed by atoms with Gasteiger partial charge >= 0.3 is 5.97 Å². The minimum atomic E-state index is -0.984. The lowest BCUT2D eigenvalue weighted by Gasteiger charge is -2.17. The summed E-state index contributed by atoms with van der Waals surface area (Å²) in [6, 6.07) is 20.8. The fourth-order valence-electron chi connectivity index (χ4n) is 2.73. The first-order valence-electron chi connectivity index (χ1n) is 8.26. The topological polar surface area (TPSA) is 55.8 Å². The fraction of sp³-hybridized carbons (Fsp3) is 0.190. The van der Waals surface area contributed by atoms with E-state index < -0.39 is 12.1 Å². The molecule has 0 aliphatic carbocycles. The number of ether oxygens (including phenoxy) is 2. The van der Waals surface area contributed by atoms with Crippen LogP contribution in [0.2, 0.25) is 0 Å². The summed E-state index contributed by atoms with van der Waals surface area (Å²) < 4.78 is 11.2. The van der Waals surface area contributed by atoms with E-state index in [1.165, 1.54) is 0 Å². The molecule has 0 amide bonds. The van der Waals surface area contributed by atoms with Crippen molar-refractivity contribution >= 4 is 16.7 Å². The first-order chi connectivity index (χ1) is 12.2. The molecule has 1 N–H and O–H groups in total. The minimum Gasteiger partial charge on any atom is -0.494 e. The van der Waals surface area contributed by atoms with Crippen molar-refractivity contribution in [3.8, 4) is 11.5 Å². The summed E-state index contributed by atoms with van der Waals surface area (Å²) in [5, 5.41) is 11.5. The molecule has 25 heavy (non-hydrogen) atoms. The van der Waals surface area contributed by atoms with Gasteiger partial charge in [0.05, 0.1) is 6.61 Å². The predicted octanol–water partition coefficient (Wildman–Crippen LogP) is 4.31.